The molecule has 1 unspecified atom stereocenters. The minimum Gasteiger partial charge on any atom is -0.491 e. The van der Waals surface area contributed by atoms with Gasteiger partial charge in [-0.2, -0.15) is 0 Å². The summed E-state index contributed by atoms with van der Waals surface area (Å²) in [5.74, 6) is 0.645. The van der Waals surface area contributed by atoms with Gasteiger partial charge in [-0.3, -0.25) is 4.90 Å². The minimum atomic E-state index is -3.42. The molecule has 0 amide bonds. The number of sulfonamides is 1. The summed E-state index contributed by atoms with van der Waals surface area (Å²) in [4.78, 5) is 2.03. The van der Waals surface area contributed by atoms with Crippen LogP contribution in [0.2, 0.25) is 5.02 Å². The summed E-state index contributed by atoms with van der Waals surface area (Å²) in [7, 11) is -3.42. The normalized spacial score (nSPS) is 20.6. The molecular weight excluding hydrogens is 288 g/mol. The lowest BCUT2D eigenvalue weighted by Crippen LogP contribution is -2.33. The fourth-order valence-corrected chi connectivity index (χ4v) is 3.16. The number of halogens is 1. The Morgan fingerprint density at radius 3 is 2.79 bits per heavy atom. The number of likely N-dealkylation sites (tertiary alicyclic amines) is 1. The van der Waals surface area contributed by atoms with E-state index >= 15 is 0 Å². The van der Waals surface area contributed by atoms with Crippen molar-refractivity contribution in [3.63, 3.8) is 0 Å². The zero-order valence-corrected chi connectivity index (χ0v) is 12.0. The van der Waals surface area contributed by atoms with Crippen LogP contribution in [0, 0.1) is 0 Å². The highest BCUT2D eigenvalue weighted by molar-refractivity contribution is 7.89. The lowest BCUT2D eigenvalue weighted by molar-refractivity contribution is 0.238. The Bertz CT molecular complexity index is 536. The highest BCUT2D eigenvalue weighted by Gasteiger charge is 2.30. The summed E-state index contributed by atoms with van der Waals surface area (Å²) in [5, 5.41) is 5.26. The molecule has 1 aliphatic rings. The smallest absolute Gasteiger partial charge is 0.213 e. The van der Waals surface area contributed by atoms with E-state index in [1.54, 1.807) is 12.1 Å². The summed E-state index contributed by atoms with van der Waals surface area (Å²) in [6.45, 7) is 2.34. The zero-order chi connectivity index (χ0) is 13.9. The highest BCUT2D eigenvalue weighted by atomic mass is 35.5. The van der Waals surface area contributed by atoms with Gasteiger partial charge in [-0.25, -0.2) is 13.6 Å². The Labute approximate surface area is 118 Å². The van der Waals surface area contributed by atoms with E-state index in [1.165, 1.54) is 0 Å². The molecule has 0 saturated carbocycles. The zero-order valence-electron chi connectivity index (χ0n) is 10.5. The van der Waals surface area contributed by atoms with Crippen molar-refractivity contribution < 1.29 is 13.2 Å². The van der Waals surface area contributed by atoms with E-state index < -0.39 is 15.3 Å². The maximum atomic E-state index is 11.2. The fraction of sp³-hybridized carbons (Fsp3) is 0.500. The Morgan fingerprint density at radius 2 is 2.16 bits per heavy atom. The number of nitrogens with zero attached hydrogens (tertiary/aromatic N) is 1. The monoisotopic (exact) mass is 304 g/mol. The van der Waals surface area contributed by atoms with Crippen LogP contribution in [0.25, 0.3) is 0 Å². The first-order valence-electron chi connectivity index (χ1n) is 6.08. The van der Waals surface area contributed by atoms with E-state index in [2.05, 4.69) is 0 Å². The van der Waals surface area contributed by atoms with Crippen LogP contribution in [0.15, 0.2) is 24.3 Å². The van der Waals surface area contributed by atoms with Crippen molar-refractivity contribution in [3.8, 4) is 5.75 Å². The summed E-state index contributed by atoms with van der Waals surface area (Å²) in [5.41, 5.74) is 0. The summed E-state index contributed by atoms with van der Waals surface area (Å²) < 4.78 is 28.0. The van der Waals surface area contributed by atoms with E-state index in [1.807, 2.05) is 17.0 Å². The number of nitrogens with two attached hydrogens (primary N) is 1. The quantitative estimate of drug-likeness (QED) is 0.883. The van der Waals surface area contributed by atoms with Gasteiger partial charge in [-0.05, 0) is 25.1 Å². The Morgan fingerprint density at radius 1 is 1.42 bits per heavy atom. The topological polar surface area (TPSA) is 72.6 Å². The molecule has 5 nitrogen and oxygen atoms in total. The number of rotatable bonds is 5. The number of hydrogen-bond donors (Lipinski definition) is 1. The Kier molecular flexibility index (Phi) is 4.67. The SMILES string of the molecule is NS(=O)(=O)C1CCN(CCOc2ccccc2Cl)C1. The number of para-hydroxylation sites is 1. The molecule has 0 spiro atoms. The number of primary sulfonamides is 1. The second-order valence-electron chi connectivity index (χ2n) is 4.58. The third-order valence-electron chi connectivity index (χ3n) is 3.20. The van der Waals surface area contributed by atoms with Gasteiger partial charge in [0.15, 0.2) is 0 Å². The molecule has 1 atom stereocenters. The van der Waals surface area contributed by atoms with Gasteiger partial charge in [0.05, 0.1) is 10.3 Å². The molecular formula is C12H17ClN2O3S. The van der Waals surface area contributed by atoms with Crippen LogP contribution >= 0.6 is 11.6 Å². The molecule has 1 saturated heterocycles. The van der Waals surface area contributed by atoms with Gasteiger partial charge in [0.2, 0.25) is 10.0 Å². The van der Waals surface area contributed by atoms with Crippen LogP contribution in [0.4, 0.5) is 0 Å². The van der Waals surface area contributed by atoms with Crippen LogP contribution < -0.4 is 9.88 Å². The van der Waals surface area contributed by atoms with E-state index in [-0.39, 0.29) is 0 Å². The molecule has 1 aromatic carbocycles. The van der Waals surface area contributed by atoms with Crippen molar-refractivity contribution in [3.05, 3.63) is 29.3 Å². The maximum absolute atomic E-state index is 11.2. The third-order valence-corrected chi connectivity index (χ3v) is 4.82. The summed E-state index contributed by atoms with van der Waals surface area (Å²) in [6, 6.07) is 7.27. The highest BCUT2D eigenvalue weighted by Crippen LogP contribution is 2.23. The average Bonchev–Trinajstić information content (AvgIpc) is 2.80. The van der Waals surface area contributed by atoms with Gasteiger partial charge < -0.3 is 4.74 Å². The second kappa shape index (κ2) is 6.09. The molecule has 2 N–H and O–H groups in total. The largest absolute Gasteiger partial charge is 0.491 e. The number of benzene rings is 1. The molecule has 0 aromatic heterocycles. The summed E-state index contributed by atoms with van der Waals surface area (Å²) >= 11 is 5.97. The van der Waals surface area contributed by atoms with E-state index in [0.717, 1.165) is 6.54 Å². The average molecular weight is 305 g/mol. The van der Waals surface area contributed by atoms with Crippen molar-refractivity contribution in [1.29, 1.82) is 0 Å². The lowest BCUT2D eigenvalue weighted by Gasteiger charge is -2.16. The van der Waals surface area contributed by atoms with Crippen LogP contribution in [-0.2, 0) is 10.0 Å². The van der Waals surface area contributed by atoms with Gasteiger partial charge >= 0.3 is 0 Å². The predicted octanol–water partition coefficient (Wildman–Crippen LogP) is 1.08. The molecule has 7 heteroatoms. The molecule has 1 heterocycles. The fourth-order valence-electron chi connectivity index (χ4n) is 2.11. The molecule has 2 rings (SSSR count). The van der Waals surface area contributed by atoms with Crippen molar-refractivity contribution in [2.45, 2.75) is 11.7 Å². The molecule has 1 aliphatic heterocycles. The molecule has 0 radical (unpaired) electrons. The van der Waals surface area contributed by atoms with Crippen molar-refractivity contribution >= 4 is 21.6 Å². The van der Waals surface area contributed by atoms with Crippen LogP contribution in [0.5, 0.6) is 5.75 Å². The molecule has 0 aliphatic carbocycles. The molecule has 1 fully saturated rings. The lowest BCUT2D eigenvalue weighted by atomic mass is 10.3. The van der Waals surface area contributed by atoms with Gasteiger partial charge in [0.25, 0.3) is 0 Å². The predicted molar refractivity (Wildman–Crippen MR) is 74.9 cm³/mol. The number of ether oxygens (including phenoxy) is 1. The van der Waals surface area contributed by atoms with Gasteiger partial charge in [-0.1, -0.05) is 23.7 Å². The minimum absolute atomic E-state index is 0.451. The third kappa shape index (κ3) is 4.07. The molecule has 0 bridgehead atoms. The van der Waals surface area contributed by atoms with E-state index in [0.29, 0.717) is 36.9 Å². The van der Waals surface area contributed by atoms with Crippen LogP contribution in [0.3, 0.4) is 0 Å². The van der Waals surface area contributed by atoms with E-state index in [9.17, 15) is 8.42 Å². The first-order valence-corrected chi connectivity index (χ1v) is 8.07. The van der Waals surface area contributed by atoms with Gasteiger partial charge in [0.1, 0.15) is 12.4 Å². The Balaban J connectivity index is 1.77. The number of hydrogen-bond acceptors (Lipinski definition) is 4. The molecule has 1 aromatic rings. The first kappa shape index (κ1) is 14.6. The maximum Gasteiger partial charge on any atom is 0.213 e. The van der Waals surface area contributed by atoms with Crippen LogP contribution in [0.1, 0.15) is 6.42 Å². The molecule has 106 valence electrons. The first-order chi connectivity index (χ1) is 8.97. The van der Waals surface area contributed by atoms with Gasteiger partial charge in [0, 0.05) is 13.1 Å². The van der Waals surface area contributed by atoms with E-state index in [4.69, 9.17) is 21.5 Å². The van der Waals surface area contributed by atoms with Crippen LogP contribution in [-0.4, -0.2) is 44.8 Å². The summed E-state index contributed by atoms with van der Waals surface area (Å²) in [6.07, 6.45) is 0.588. The van der Waals surface area contributed by atoms with Crippen molar-refractivity contribution in [2.75, 3.05) is 26.2 Å². The second-order valence-corrected chi connectivity index (χ2v) is 6.83. The van der Waals surface area contributed by atoms with Gasteiger partial charge in [-0.15, -0.1) is 0 Å². The molecule has 19 heavy (non-hydrogen) atoms. The van der Waals surface area contributed by atoms with Crippen molar-refractivity contribution in [2.24, 2.45) is 5.14 Å². The standard InChI is InChI=1S/C12H17ClN2O3S/c13-11-3-1-2-4-12(11)18-8-7-15-6-5-10(9-15)19(14,16)17/h1-4,10H,5-9H2,(H2,14,16,17). The Hall–Kier alpha value is -0.820. The van der Waals surface area contributed by atoms with Crippen molar-refractivity contribution in [1.82, 2.24) is 4.90 Å².